The quantitative estimate of drug-likeness (QED) is 0.801. The van der Waals surface area contributed by atoms with Gasteiger partial charge in [0, 0.05) is 24.7 Å². The Morgan fingerprint density at radius 2 is 1.89 bits per heavy atom. The molecule has 2 aromatic rings. The third-order valence-electron chi connectivity index (χ3n) is 5.13. The van der Waals surface area contributed by atoms with E-state index >= 15 is 0 Å². The summed E-state index contributed by atoms with van der Waals surface area (Å²) in [7, 11) is -3.52. The van der Waals surface area contributed by atoms with Gasteiger partial charge in [-0.1, -0.05) is 36.4 Å². The highest BCUT2D eigenvalue weighted by Gasteiger charge is 2.27. The summed E-state index contributed by atoms with van der Waals surface area (Å²) in [5.41, 5.74) is 7.14. The number of hydrogen-bond donors (Lipinski definition) is 1. The Kier molecular flexibility index (Phi) is 7.63. The summed E-state index contributed by atoms with van der Waals surface area (Å²) in [4.78, 5) is 14.9. The standard InChI is InChI=1S/C21H26N2O3S.ClH/c1-16(22)19-10-6-12-23(14-19)21(24)18-9-5-11-20(13-18)27(25,26)15-17-7-3-2-4-8-17;/h2-5,7-9,11,13,16,19H,6,10,12,14-15,22H2,1H3;1H. The van der Waals surface area contributed by atoms with Gasteiger partial charge in [-0.25, -0.2) is 8.42 Å². The fraction of sp³-hybridized carbons (Fsp3) is 0.381. The van der Waals surface area contributed by atoms with E-state index in [1.807, 2.05) is 25.1 Å². The van der Waals surface area contributed by atoms with Crippen molar-refractivity contribution in [1.82, 2.24) is 4.90 Å². The first kappa shape index (κ1) is 22.4. The number of nitrogens with two attached hydrogens (primary N) is 1. The number of sulfone groups is 1. The topological polar surface area (TPSA) is 80.5 Å². The van der Waals surface area contributed by atoms with Crippen LogP contribution >= 0.6 is 12.4 Å². The molecule has 2 aromatic carbocycles. The van der Waals surface area contributed by atoms with Crippen LogP contribution in [-0.2, 0) is 15.6 Å². The van der Waals surface area contributed by atoms with Gasteiger partial charge in [-0.3, -0.25) is 4.79 Å². The van der Waals surface area contributed by atoms with Gasteiger partial charge in [0.05, 0.1) is 10.6 Å². The molecule has 1 aliphatic rings. The number of rotatable bonds is 5. The Morgan fingerprint density at radius 3 is 2.57 bits per heavy atom. The Morgan fingerprint density at radius 1 is 1.18 bits per heavy atom. The van der Waals surface area contributed by atoms with Crippen molar-refractivity contribution in [3.63, 3.8) is 0 Å². The highest BCUT2D eigenvalue weighted by Crippen LogP contribution is 2.22. The number of likely N-dealkylation sites (tertiary alicyclic amines) is 1. The second kappa shape index (κ2) is 9.54. The van der Waals surface area contributed by atoms with Crippen LogP contribution in [0, 0.1) is 5.92 Å². The molecule has 2 N–H and O–H groups in total. The normalized spacial score (nSPS) is 18.2. The summed E-state index contributed by atoms with van der Waals surface area (Å²) in [5, 5.41) is 0. The molecule has 7 heteroatoms. The van der Waals surface area contributed by atoms with E-state index in [1.54, 1.807) is 35.2 Å². The largest absolute Gasteiger partial charge is 0.338 e. The molecule has 28 heavy (non-hydrogen) atoms. The number of carbonyl (C=O) groups is 1. The second-order valence-electron chi connectivity index (χ2n) is 7.29. The highest BCUT2D eigenvalue weighted by molar-refractivity contribution is 7.90. The predicted octanol–water partition coefficient (Wildman–Crippen LogP) is 3.28. The van der Waals surface area contributed by atoms with E-state index in [4.69, 9.17) is 5.73 Å². The molecule has 5 nitrogen and oxygen atoms in total. The Hall–Kier alpha value is -1.89. The molecule has 1 aliphatic heterocycles. The molecule has 0 aromatic heterocycles. The molecule has 1 amide bonds. The maximum atomic E-state index is 12.9. The molecule has 0 aliphatic carbocycles. The molecule has 0 saturated carbocycles. The molecule has 0 bridgehead atoms. The SMILES string of the molecule is CC(N)C1CCCN(C(=O)c2cccc(S(=O)(=O)Cc3ccccc3)c2)C1.Cl. The van der Waals surface area contributed by atoms with Crippen LogP contribution < -0.4 is 5.73 Å². The maximum absolute atomic E-state index is 12.9. The minimum Gasteiger partial charge on any atom is -0.338 e. The van der Waals surface area contributed by atoms with Crippen LogP contribution in [0.2, 0.25) is 0 Å². The molecule has 3 rings (SSSR count). The van der Waals surface area contributed by atoms with Crippen molar-refractivity contribution in [1.29, 1.82) is 0 Å². The number of piperidine rings is 1. The van der Waals surface area contributed by atoms with Crippen LogP contribution in [0.1, 0.15) is 35.7 Å². The third-order valence-corrected chi connectivity index (χ3v) is 6.81. The molecule has 2 unspecified atom stereocenters. The lowest BCUT2D eigenvalue weighted by Crippen LogP contribution is -2.45. The molecular formula is C21H27ClN2O3S. The minimum atomic E-state index is -3.52. The number of hydrogen-bond acceptors (Lipinski definition) is 4. The lowest BCUT2D eigenvalue weighted by molar-refractivity contribution is 0.0660. The fourth-order valence-corrected chi connectivity index (χ4v) is 4.90. The van der Waals surface area contributed by atoms with Crippen molar-refractivity contribution in [2.75, 3.05) is 13.1 Å². The van der Waals surface area contributed by atoms with Crippen molar-refractivity contribution >= 4 is 28.2 Å². The summed E-state index contributed by atoms with van der Waals surface area (Å²) >= 11 is 0. The van der Waals surface area contributed by atoms with Crippen LogP contribution in [0.25, 0.3) is 0 Å². The van der Waals surface area contributed by atoms with Gasteiger partial charge in [0.2, 0.25) is 0 Å². The zero-order chi connectivity index (χ0) is 19.4. The first-order valence-corrected chi connectivity index (χ1v) is 10.9. The van der Waals surface area contributed by atoms with Crippen molar-refractivity contribution < 1.29 is 13.2 Å². The van der Waals surface area contributed by atoms with Gasteiger partial charge < -0.3 is 10.6 Å². The molecule has 1 heterocycles. The zero-order valence-electron chi connectivity index (χ0n) is 16.0. The first-order chi connectivity index (χ1) is 12.9. The zero-order valence-corrected chi connectivity index (χ0v) is 17.6. The average molecular weight is 423 g/mol. The molecule has 1 saturated heterocycles. The van der Waals surface area contributed by atoms with E-state index in [2.05, 4.69) is 0 Å². The average Bonchev–Trinajstić information content (AvgIpc) is 2.68. The maximum Gasteiger partial charge on any atom is 0.253 e. The van der Waals surface area contributed by atoms with E-state index in [0.29, 0.717) is 18.7 Å². The number of carbonyl (C=O) groups excluding carboxylic acids is 1. The van der Waals surface area contributed by atoms with Gasteiger partial charge >= 0.3 is 0 Å². The lowest BCUT2D eigenvalue weighted by atomic mass is 9.92. The number of amides is 1. The molecule has 2 atom stereocenters. The molecule has 0 spiro atoms. The number of nitrogens with zero attached hydrogens (tertiary/aromatic N) is 1. The van der Waals surface area contributed by atoms with Crippen molar-refractivity contribution in [3.8, 4) is 0 Å². The van der Waals surface area contributed by atoms with Crippen molar-refractivity contribution in [2.45, 2.75) is 36.5 Å². The molecular weight excluding hydrogens is 396 g/mol. The van der Waals surface area contributed by atoms with Gasteiger partial charge in [-0.05, 0) is 49.4 Å². The smallest absolute Gasteiger partial charge is 0.253 e. The summed E-state index contributed by atoms with van der Waals surface area (Å²) in [6.45, 7) is 3.27. The Balaban J connectivity index is 0.00000280. The van der Waals surface area contributed by atoms with Crippen LogP contribution in [-0.4, -0.2) is 38.4 Å². The summed E-state index contributed by atoms with van der Waals surface area (Å²) in [6, 6.07) is 15.5. The van der Waals surface area contributed by atoms with E-state index in [9.17, 15) is 13.2 Å². The monoisotopic (exact) mass is 422 g/mol. The van der Waals surface area contributed by atoms with E-state index in [0.717, 1.165) is 18.4 Å². The summed E-state index contributed by atoms with van der Waals surface area (Å²) in [5.74, 6) is 0.0758. The molecule has 1 fully saturated rings. The predicted molar refractivity (Wildman–Crippen MR) is 113 cm³/mol. The van der Waals surface area contributed by atoms with E-state index in [1.165, 1.54) is 6.07 Å². The third kappa shape index (κ3) is 5.34. The Labute approximate surface area is 173 Å². The highest BCUT2D eigenvalue weighted by atomic mass is 35.5. The first-order valence-electron chi connectivity index (χ1n) is 9.28. The van der Waals surface area contributed by atoms with Gasteiger partial charge in [0.25, 0.3) is 5.91 Å². The Bertz CT molecular complexity index is 901. The van der Waals surface area contributed by atoms with Crippen LogP contribution in [0.3, 0.4) is 0 Å². The van der Waals surface area contributed by atoms with Crippen LogP contribution in [0.4, 0.5) is 0 Å². The summed E-state index contributed by atoms with van der Waals surface area (Å²) in [6.07, 6.45) is 1.94. The lowest BCUT2D eigenvalue weighted by Gasteiger charge is -2.34. The van der Waals surface area contributed by atoms with Gasteiger partial charge in [0.15, 0.2) is 9.84 Å². The fourth-order valence-electron chi connectivity index (χ4n) is 3.51. The number of benzene rings is 2. The molecule has 0 radical (unpaired) electrons. The van der Waals surface area contributed by atoms with Crippen LogP contribution in [0.5, 0.6) is 0 Å². The van der Waals surface area contributed by atoms with Gasteiger partial charge in [-0.15, -0.1) is 12.4 Å². The van der Waals surface area contributed by atoms with Gasteiger partial charge in [-0.2, -0.15) is 0 Å². The van der Waals surface area contributed by atoms with E-state index < -0.39 is 9.84 Å². The minimum absolute atomic E-state index is 0. The van der Waals surface area contributed by atoms with Crippen molar-refractivity contribution in [3.05, 3.63) is 65.7 Å². The number of halogens is 1. The molecule has 152 valence electrons. The second-order valence-corrected chi connectivity index (χ2v) is 9.27. The van der Waals surface area contributed by atoms with Crippen molar-refractivity contribution in [2.24, 2.45) is 11.7 Å². The van der Waals surface area contributed by atoms with Gasteiger partial charge in [0.1, 0.15) is 0 Å². The van der Waals surface area contributed by atoms with E-state index in [-0.39, 0.29) is 40.9 Å². The summed E-state index contributed by atoms with van der Waals surface area (Å²) < 4.78 is 25.5. The van der Waals surface area contributed by atoms with Crippen LogP contribution in [0.15, 0.2) is 59.5 Å².